The van der Waals surface area contributed by atoms with Crippen LogP contribution >= 0.6 is 0 Å². The molecule has 0 saturated heterocycles. The first-order valence-electron chi connectivity index (χ1n) is 6.14. The summed E-state index contributed by atoms with van der Waals surface area (Å²) >= 11 is 0. The van der Waals surface area contributed by atoms with Crippen molar-refractivity contribution in [1.29, 1.82) is 0 Å². The van der Waals surface area contributed by atoms with Crippen LogP contribution in [-0.2, 0) is 4.74 Å². The molecular weight excluding hydrogens is 174 g/mol. The van der Waals surface area contributed by atoms with E-state index < -0.39 is 0 Å². The van der Waals surface area contributed by atoms with Gasteiger partial charge in [-0.3, -0.25) is 0 Å². The highest BCUT2D eigenvalue weighted by atomic mass is 16.5. The molecule has 1 N–H and O–H groups in total. The van der Waals surface area contributed by atoms with E-state index in [1.165, 1.54) is 25.7 Å². The summed E-state index contributed by atoms with van der Waals surface area (Å²) in [7, 11) is 0. The van der Waals surface area contributed by atoms with Gasteiger partial charge in [-0.25, -0.2) is 0 Å². The van der Waals surface area contributed by atoms with Crippen LogP contribution in [0.4, 0.5) is 0 Å². The lowest BCUT2D eigenvalue weighted by atomic mass is 9.81. The van der Waals surface area contributed by atoms with Gasteiger partial charge in [0.1, 0.15) is 0 Å². The summed E-state index contributed by atoms with van der Waals surface area (Å²) in [4.78, 5) is 0. The van der Waals surface area contributed by atoms with Crippen molar-refractivity contribution in [3.05, 3.63) is 0 Å². The molecule has 1 rings (SSSR count). The van der Waals surface area contributed by atoms with E-state index in [9.17, 15) is 0 Å². The Kier molecular flexibility index (Phi) is 6.20. The predicted molar refractivity (Wildman–Crippen MR) is 60.5 cm³/mol. The first-order chi connectivity index (χ1) is 6.83. The fourth-order valence-electron chi connectivity index (χ4n) is 1.98. The lowest BCUT2D eigenvalue weighted by molar-refractivity contribution is 0.143. The van der Waals surface area contributed by atoms with E-state index in [1.807, 2.05) is 6.92 Å². The third kappa shape index (κ3) is 4.97. The summed E-state index contributed by atoms with van der Waals surface area (Å²) in [5.41, 5.74) is 0. The normalized spacial score (nSPS) is 19.3. The molecule has 0 bridgehead atoms. The van der Waals surface area contributed by atoms with Gasteiger partial charge in [0.05, 0.1) is 0 Å². The van der Waals surface area contributed by atoms with Crippen molar-refractivity contribution in [1.82, 2.24) is 5.32 Å². The van der Waals surface area contributed by atoms with Crippen molar-refractivity contribution in [3.8, 4) is 0 Å². The lowest BCUT2D eigenvalue weighted by Crippen LogP contribution is -2.31. The Hall–Kier alpha value is -0.0800. The van der Waals surface area contributed by atoms with E-state index in [2.05, 4.69) is 12.2 Å². The highest BCUT2D eigenvalue weighted by Gasteiger charge is 2.19. The molecule has 0 aromatic rings. The number of hydrogen-bond acceptors (Lipinski definition) is 2. The van der Waals surface area contributed by atoms with Gasteiger partial charge in [-0.05, 0) is 39.2 Å². The van der Waals surface area contributed by atoms with Crippen LogP contribution in [0.1, 0.15) is 46.0 Å². The first kappa shape index (κ1) is 12.0. The Labute approximate surface area is 88.4 Å². The summed E-state index contributed by atoms with van der Waals surface area (Å²) in [6, 6.07) is 0.696. The fourth-order valence-corrected chi connectivity index (χ4v) is 1.98. The molecular formula is C12H25NO. The second-order valence-corrected chi connectivity index (χ2v) is 4.44. The lowest BCUT2D eigenvalue weighted by Gasteiger charge is -2.28. The van der Waals surface area contributed by atoms with Crippen molar-refractivity contribution < 1.29 is 4.74 Å². The van der Waals surface area contributed by atoms with Crippen molar-refractivity contribution >= 4 is 0 Å². The quantitative estimate of drug-likeness (QED) is 0.607. The van der Waals surface area contributed by atoms with E-state index in [0.29, 0.717) is 6.04 Å². The van der Waals surface area contributed by atoms with Crippen LogP contribution in [0.5, 0.6) is 0 Å². The van der Waals surface area contributed by atoms with Gasteiger partial charge >= 0.3 is 0 Å². The summed E-state index contributed by atoms with van der Waals surface area (Å²) in [5, 5.41) is 3.56. The number of nitrogens with one attached hydrogen (secondary N) is 1. The third-order valence-corrected chi connectivity index (χ3v) is 3.07. The molecule has 14 heavy (non-hydrogen) atoms. The maximum atomic E-state index is 5.29. The smallest absolute Gasteiger partial charge is 0.0477 e. The average Bonchev–Trinajstić information content (AvgIpc) is 2.11. The molecule has 1 aliphatic carbocycles. The molecule has 84 valence electrons. The largest absolute Gasteiger partial charge is 0.382 e. The predicted octanol–water partition coefficient (Wildman–Crippen LogP) is 2.58. The van der Waals surface area contributed by atoms with Gasteiger partial charge in [-0.1, -0.05) is 19.3 Å². The zero-order valence-electron chi connectivity index (χ0n) is 9.72. The second kappa shape index (κ2) is 7.24. The maximum absolute atomic E-state index is 5.29. The first-order valence-corrected chi connectivity index (χ1v) is 6.14. The Balaban J connectivity index is 1.84. The van der Waals surface area contributed by atoms with E-state index in [-0.39, 0.29) is 0 Å². The van der Waals surface area contributed by atoms with Gasteiger partial charge in [-0.2, -0.15) is 0 Å². The zero-order chi connectivity index (χ0) is 10.2. The summed E-state index contributed by atoms with van der Waals surface area (Å²) < 4.78 is 5.29. The van der Waals surface area contributed by atoms with E-state index in [4.69, 9.17) is 4.74 Å². The molecule has 0 amide bonds. The van der Waals surface area contributed by atoms with Crippen molar-refractivity contribution in [2.75, 3.05) is 19.8 Å². The number of rotatable bonds is 8. The minimum atomic E-state index is 0.696. The SMILES string of the molecule is CCOCCCNC(C)CC1CCC1. The molecule has 1 aliphatic rings. The van der Waals surface area contributed by atoms with Crippen LogP contribution in [0.3, 0.4) is 0 Å². The van der Waals surface area contributed by atoms with Gasteiger partial charge < -0.3 is 10.1 Å². The van der Waals surface area contributed by atoms with Crippen LogP contribution < -0.4 is 5.32 Å². The molecule has 0 heterocycles. The van der Waals surface area contributed by atoms with Crippen LogP contribution in [0, 0.1) is 5.92 Å². The monoisotopic (exact) mass is 199 g/mol. The van der Waals surface area contributed by atoms with E-state index in [0.717, 1.165) is 32.1 Å². The van der Waals surface area contributed by atoms with Gasteiger partial charge in [0.2, 0.25) is 0 Å². The van der Waals surface area contributed by atoms with Gasteiger partial charge in [0.25, 0.3) is 0 Å². The molecule has 2 heteroatoms. The molecule has 0 aromatic carbocycles. The Bertz CT molecular complexity index is 134. The molecule has 2 nitrogen and oxygen atoms in total. The van der Waals surface area contributed by atoms with Gasteiger partial charge in [-0.15, -0.1) is 0 Å². The Morgan fingerprint density at radius 2 is 2.21 bits per heavy atom. The van der Waals surface area contributed by atoms with Crippen LogP contribution in [-0.4, -0.2) is 25.8 Å². The molecule has 1 saturated carbocycles. The molecule has 1 fully saturated rings. The number of hydrogen-bond donors (Lipinski definition) is 1. The molecule has 0 radical (unpaired) electrons. The molecule has 0 aliphatic heterocycles. The van der Waals surface area contributed by atoms with Crippen molar-refractivity contribution in [2.45, 2.75) is 52.0 Å². The van der Waals surface area contributed by atoms with E-state index in [1.54, 1.807) is 0 Å². The summed E-state index contributed by atoms with van der Waals surface area (Å²) in [6.45, 7) is 7.21. The summed E-state index contributed by atoms with van der Waals surface area (Å²) in [5.74, 6) is 1.02. The summed E-state index contributed by atoms with van der Waals surface area (Å²) in [6.07, 6.45) is 6.90. The van der Waals surface area contributed by atoms with Gasteiger partial charge in [0.15, 0.2) is 0 Å². The highest BCUT2D eigenvalue weighted by molar-refractivity contribution is 4.74. The molecule has 0 spiro atoms. The van der Waals surface area contributed by atoms with Gasteiger partial charge in [0, 0.05) is 19.3 Å². The van der Waals surface area contributed by atoms with Crippen LogP contribution in [0.15, 0.2) is 0 Å². The minimum absolute atomic E-state index is 0.696. The van der Waals surface area contributed by atoms with Crippen LogP contribution in [0.25, 0.3) is 0 Å². The average molecular weight is 199 g/mol. The van der Waals surface area contributed by atoms with Crippen molar-refractivity contribution in [2.24, 2.45) is 5.92 Å². The molecule has 1 atom stereocenters. The third-order valence-electron chi connectivity index (χ3n) is 3.07. The highest BCUT2D eigenvalue weighted by Crippen LogP contribution is 2.30. The topological polar surface area (TPSA) is 21.3 Å². The second-order valence-electron chi connectivity index (χ2n) is 4.44. The number of ether oxygens (including phenoxy) is 1. The zero-order valence-corrected chi connectivity index (χ0v) is 9.72. The standard InChI is InChI=1S/C12H25NO/c1-3-14-9-5-8-13-11(2)10-12-6-4-7-12/h11-13H,3-10H2,1-2H3. The molecule has 0 aromatic heterocycles. The van der Waals surface area contributed by atoms with Crippen molar-refractivity contribution in [3.63, 3.8) is 0 Å². The Morgan fingerprint density at radius 3 is 2.79 bits per heavy atom. The Morgan fingerprint density at radius 1 is 1.43 bits per heavy atom. The maximum Gasteiger partial charge on any atom is 0.0477 e. The minimum Gasteiger partial charge on any atom is -0.382 e. The molecule has 1 unspecified atom stereocenters. The fraction of sp³-hybridized carbons (Fsp3) is 1.00. The van der Waals surface area contributed by atoms with E-state index >= 15 is 0 Å². The van der Waals surface area contributed by atoms with Crippen LogP contribution in [0.2, 0.25) is 0 Å².